The number of hydrogen-bond donors (Lipinski definition) is 0. The van der Waals surface area contributed by atoms with Crippen LogP contribution in [0.2, 0.25) is 0 Å². The van der Waals surface area contributed by atoms with Crippen molar-refractivity contribution < 1.29 is 28.5 Å². The first kappa shape index (κ1) is 20.6. The monoisotopic (exact) mass is 391 g/mol. The molecule has 1 amide bonds. The summed E-state index contributed by atoms with van der Waals surface area (Å²) in [6, 6.07) is 7.85. The molecule has 0 bridgehead atoms. The molecule has 7 heteroatoms. The number of carbonyl (C=O) groups excluding carboxylic acids is 2. The van der Waals surface area contributed by atoms with Crippen molar-refractivity contribution in [3.05, 3.63) is 29.8 Å². The molecule has 0 radical (unpaired) electrons. The summed E-state index contributed by atoms with van der Waals surface area (Å²) in [7, 11) is 1.62. The fourth-order valence-electron chi connectivity index (χ4n) is 3.16. The number of esters is 1. The van der Waals surface area contributed by atoms with Crippen molar-refractivity contribution in [2.75, 3.05) is 26.9 Å². The van der Waals surface area contributed by atoms with Crippen LogP contribution in [0.5, 0.6) is 5.75 Å². The van der Waals surface area contributed by atoms with Crippen molar-refractivity contribution in [3.8, 4) is 5.75 Å². The Hall–Kier alpha value is -2.12. The van der Waals surface area contributed by atoms with Gasteiger partial charge in [-0.2, -0.15) is 0 Å². The third-order valence-corrected chi connectivity index (χ3v) is 5.05. The lowest BCUT2D eigenvalue weighted by Crippen LogP contribution is -2.37. The van der Waals surface area contributed by atoms with Crippen molar-refractivity contribution in [1.82, 2.24) is 4.90 Å². The molecule has 1 aliphatic heterocycles. The number of ether oxygens (including phenoxy) is 4. The van der Waals surface area contributed by atoms with Gasteiger partial charge in [-0.1, -0.05) is 12.1 Å². The summed E-state index contributed by atoms with van der Waals surface area (Å²) in [4.78, 5) is 26.5. The lowest BCUT2D eigenvalue weighted by Gasteiger charge is -2.23. The van der Waals surface area contributed by atoms with Gasteiger partial charge in [0.1, 0.15) is 5.75 Å². The van der Waals surface area contributed by atoms with E-state index in [1.807, 2.05) is 24.3 Å². The van der Waals surface area contributed by atoms with Gasteiger partial charge in [0.05, 0.1) is 19.8 Å². The number of nitrogens with zero attached hydrogens (tertiary/aromatic N) is 1. The van der Waals surface area contributed by atoms with Crippen LogP contribution in [-0.2, 0) is 30.3 Å². The molecule has 28 heavy (non-hydrogen) atoms. The highest BCUT2D eigenvalue weighted by Crippen LogP contribution is 2.29. The van der Waals surface area contributed by atoms with Crippen LogP contribution in [-0.4, -0.2) is 62.0 Å². The van der Waals surface area contributed by atoms with E-state index in [1.54, 1.807) is 18.9 Å². The Bertz CT molecular complexity index is 651. The predicted molar refractivity (Wildman–Crippen MR) is 102 cm³/mol. The van der Waals surface area contributed by atoms with Gasteiger partial charge in [0.15, 0.2) is 12.7 Å². The standard InChI is InChI=1S/C21H29NO6/c1-15(27-13-19-4-3-11-26-19)21(24)28-14-20(23)22(17-7-8-17)12-16-5-9-18(25-2)10-6-16/h5-6,9-10,15,17,19H,3-4,7-8,11-14H2,1-2H3. The number of methoxy groups -OCH3 is 1. The first-order valence-corrected chi connectivity index (χ1v) is 9.89. The molecule has 1 aromatic carbocycles. The van der Waals surface area contributed by atoms with Gasteiger partial charge in [-0.3, -0.25) is 4.79 Å². The van der Waals surface area contributed by atoms with E-state index < -0.39 is 12.1 Å². The molecule has 2 aliphatic rings. The highest BCUT2D eigenvalue weighted by Gasteiger charge is 2.33. The number of amides is 1. The molecule has 154 valence electrons. The van der Waals surface area contributed by atoms with Crippen molar-refractivity contribution in [2.45, 2.75) is 57.4 Å². The second-order valence-electron chi connectivity index (χ2n) is 7.32. The van der Waals surface area contributed by atoms with Crippen molar-refractivity contribution in [3.63, 3.8) is 0 Å². The summed E-state index contributed by atoms with van der Waals surface area (Å²) in [5, 5.41) is 0. The summed E-state index contributed by atoms with van der Waals surface area (Å²) in [5.74, 6) is 0.0727. The van der Waals surface area contributed by atoms with Crippen molar-refractivity contribution >= 4 is 11.9 Å². The van der Waals surface area contributed by atoms with Gasteiger partial charge in [0, 0.05) is 19.2 Å². The van der Waals surface area contributed by atoms with Crippen LogP contribution in [0.25, 0.3) is 0 Å². The second-order valence-corrected chi connectivity index (χ2v) is 7.32. The van der Waals surface area contributed by atoms with E-state index in [9.17, 15) is 9.59 Å². The van der Waals surface area contributed by atoms with Gasteiger partial charge in [-0.25, -0.2) is 4.79 Å². The Morgan fingerprint density at radius 3 is 2.57 bits per heavy atom. The molecule has 1 saturated carbocycles. The molecule has 1 heterocycles. The third-order valence-electron chi connectivity index (χ3n) is 5.05. The number of hydrogen-bond acceptors (Lipinski definition) is 6. The molecule has 2 unspecified atom stereocenters. The molecule has 0 aromatic heterocycles. The fourth-order valence-corrected chi connectivity index (χ4v) is 3.16. The summed E-state index contributed by atoms with van der Waals surface area (Å²) >= 11 is 0. The number of carbonyl (C=O) groups is 2. The Kier molecular flexibility index (Phi) is 7.28. The molecule has 0 N–H and O–H groups in total. The molecule has 3 rings (SSSR count). The van der Waals surface area contributed by atoms with Gasteiger partial charge >= 0.3 is 5.97 Å². The van der Waals surface area contributed by atoms with Gasteiger partial charge in [-0.05, 0) is 50.3 Å². The maximum Gasteiger partial charge on any atom is 0.335 e. The first-order valence-electron chi connectivity index (χ1n) is 9.89. The Morgan fingerprint density at radius 2 is 1.96 bits per heavy atom. The Labute approximate surface area is 165 Å². The van der Waals surface area contributed by atoms with Crippen LogP contribution in [0.4, 0.5) is 0 Å². The lowest BCUT2D eigenvalue weighted by atomic mass is 10.2. The average Bonchev–Trinajstić information content (AvgIpc) is 3.42. The molecule has 2 fully saturated rings. The van der Waals surface area contributed by atoms with Crippen LogP contribution in [0.15, 0.2) is 24.3 Å². The zero-order valence-electron chi connectivity index (χ0n) is 16.6. The Morgan fingerprint density at radius 1 is 1.21 bits per heavy atom. The molecule has 2 atom stereocenters. The fraction of sp³-hybridized carbons (Fsp3) is 0.619. The lowest BCUT2D eigenvalue weighted by molar-refractivity contribution is -0.163. The van der Waals surface area contributed by atoms with E-state index in [4.69, 9.17) is 18.9 Å². The van der Waals surface area contributed by atoms with Gasteiger partial charge in [0.25, 0.3) is 5.91 Å². The smallest absolute Gasteiger partial charge is 0.335 e. The minimum atomic E-state index is -0.715. The first-order chi connectivity index (χ1) is 13.6. The number of benzene rings is 1. The largest absolute Gasteiger partial charge is 0.497 e. The Balaban J connectivity index is 1.44. The zero-order chi connectivity index (χ0) is 19.9. The molecular formula is C21H29NO6. The summed E-state index contributed by atoms with van der Waals surface area (Å²) in [6.45, 7) is 2.98. The van der Waals surface area contributed by atoms with Crippen LogP contribution in [0.1, 0.15) is 38.2 Å². The molecule has 1 saturated heterocycles. The molecule has 7 nitrogen and oxygen atoms in total. The predicted octanol–water partition coefficient (Wildman–Crippen LogP) is 2.31. The topological polar surface area (TPSA) is 74.3 Å². The second kappa shape index (κ2) is 9.89. The van der Waals surface area contributed by atoms with Gasteiger partial charge in [-0.15, -0.1) is 0 Å². The highest BCUT2D eigenvalue weighted by molar-refractivity contribution is 5.82. The molecule has 0 spiro atoms. The highest BCUT2D eigenvalue weighted by atomic mass is 16.6. The maximum absolute atomic E-state index is 12.6. The van der Waals surface area contributed by atoms with Crippen LogP contribution in [0.3, 0.4) is 0 Å². The summed E-state index contributed by atoms with van der Waals surface area (Å²) in [6.07, 6.45) is 3.27. The van der Waals surface area contributed by atoms with E-state index in [1.165, 1.54) is 0 Å². The third kappa shape index (κ3) is 5.94. The minimum Gasteiger partial charge on any atom is -0.497 e. The van der Waals surface area contributed by atoms with Gasteiger partial charge < -0.3 is 23.8 Å². The molecule has 1 aliphatic carbocycles. The van der Waals surface area contributed by atoms with Crippen LogP contribution < -0.4 is 4.74 Å². The normalized spacial score (nSPS) is 19.9. The summed E-state index contributed by atoms with van der Waals surface area (Å²) in [5.41, 5.74) is 1.01. The van der Waals surface area contributed by atoms with Crippen molar-refractivity contribution in [1.29, 1.82) is 0 Å². The maximum atomic E-state index is 12.6. The zero-order valence-corrected chi connectivity index (χ0v) is 16.6. The van der Waals surface area contributed by atoms with Gasteiger partial charge in [0.2, 0.25) is 0 Å². The number of rotatable bonds is 10. The molecule has 1 aromatic rings. The minimum absolute atomic E-state index is 0.0479. The van der Waals surface area contributed by atoms with E-state index in [0.29, 0.717) is 13.2 Å². The quantitative estimate of drug-likeness (QED) is 0.570. The van der Waals surface area contributed by atoms with E-state index in [-0.39, 0.29) is 24.7 Å². The summed E-state index contributed by atoms with van der Waals surface area (Å²) < 4.78 is 21.4. The van der Waals surface area contributed by atoms with E-state index in [0.717, 1.165) is 43.6 Å². The van der Waals surface area contributed by atoms with Crippen molar-refractivity contribution in [2.24, 2.45) is 0 Å². The van der Waals surface area contributed by atoms with E-state index >= 15 is 0 Å². The SMILES string of the molecule is COc1ccc(CN(C(=O)COC(=O)C(C)OCC2CCCO2)C2CC2)cc1. The van der Waals surface area contributed by atoms with E-state index in [2.05, 4.69) is 0 Å². The average molecular weight is 391 g/mol. The van der Waals surface area contributed by atoms with Crippen LogP contribution in [0, 0.1) is 0 Å². The van der Waals surface area contributed by atoms with Crippen LogP contribution >= 0.6 is 0 Å². The molecular weight excluding hydrogens is 362 g/mol.